The molecule has 1 amide bonds. The average Bonchev–Trinajstić information content (AvgIpc) is 2.93. The van der Waals surface area contributed by atoms with Gasteiger partial charge in [-0.25, -0.2) is 14.4 Å². The largest absolute Gasteiger partial charge is 0.455 e. The molecule has 1 saturated heterocycles. The van der Waals surface area contributed by atoms with Crippen LogP contribution in [0.25, 0.3) is 0 Å². The molecule has 1 aromatic carbocycles. The highest BCUT2D eigenvalue weighted by Crippen LogP contribution is 2.64. The lowest BCUT2D eigenvalue weighted by atomic mass is 9.44. The summed E-state index contributed by atoms with van der Waals surface area (Å²) in [5.74, 6) is -7.00. The van der Waals surface area contributed by atoms with Gasteiger partial charge >= 0.3 is 35.9 Å². The Morgan fingerprint density at radius 2 is 1.42 bits per heavy atom. The van der Waals surface area contributed by atoms with Crippen LogP contribution in [0.5, 0.6) is 0 Å². The van der Waals surface area contributed by atoms with Gasteiger partial charge in [0.05, 0.1) is 35.6 Å². The number of unbranched alkanes of at least 4 members (excludes halogenated alkanes) is 1. The maximum absolute atomic E-state index is 15.9. The zero-order chi connectivity index (χ0) is 59.9. The minimum absolute atomic E-state index is 0.0154. The topological polar surface area (TPSA) is 237 Å². The van der Waals surface area contributed by atoms with Crippen LogP contribution in [-0.4, -0.2) is 118 Å². The summed E-state index contributed by atoms with van der Waals surface area (Å²) in [6.45, 7) is 18.9. The average molecular weight is 1130 g/mol. The molecule has 11 atom stereocenters. The highest BCUT2D eigenvalue weighted by atomic mass is 16.6. The maximum atomic E-state index is 15.9. The van der Waals surface area contributed by atoms with Crippen LogP contribution in [0.15, 0.2) is 114 Å². The van der Waals surface area contributed by atoms with Gasteiger partial charge in [0.15, 0.2) is 17.5 Å². The van der Waals surface area contributed by atoms with E-state index in [0.717, 1.165) is 32.6 Å². The second-order valence-corrected chi connectivity index (χ2v) is 23.3. The molecule has 4 aliphatic rings. The lowest BCUT2D eigenvalue weighted by Gasteiger charge is -2.67. The Kier molecular flexibility index (Phi) is 23.0. The van der Waals surface area contributed by atoms with Gasteiger partial charge in [0.2, 0.25) is 6.10 Å². The summed E-state index contributed by atoms with van der Waals surface area (Å²) in [5, 5.41) is 29.0. The molecule has 0 aromatic heterocycles. The molecule has 3 N–H and O–H groups in total. The van der Waals surface area contributed by atoms with Gasteiger partial charge < -0.3 is 48.7 Å². The van der Waals surface area contributed by atoms with E-state index in [-0.39, 0.29) is 42.6 Å². The molecule has 17 heteroatoms. The van der Waals surface area contributed by atoms with Crippen molar-refractivity contribution in [2.45, 2.75) is 213 Å². The molecule has 0 radical (unpaired) electrons. The molecular weight excluding hydrogens is 1040 g/mol. The predicted molar refractivity (Wildman–Crippen MR) is 304 cm³/mol. The number of ketones is 1. The Labute approximate surface area is 478 Å². The molecule has 0 spiro atoms. The predicted octanol–water partition coefficient (Wildman–Crippen LogP) is 10.3. The third kappa shape index (κ3) is 15.8. The van der Waals surface area contributed by atoms with E-state index in [2.05, 4.69) is 60.8 Å². The number of nitrogens with one attached hydrogen (secondary N) is 1. The molecule has 1 heterocycles. The molecular formula is C64H87NO16. The van der Waals surface area contributed by atoms with E-state index in [1.807, 2.05) is 12.2 Å². The number of carbonyl (C=O) groups is 7. The number of aliphatic hydroxyl groups excluding tert-OH is 1. The first-order valence-electron chi connectivity index (χ1n) is 28.4. The van der Waals surface area contributed by atoms with Gasteiger partial charge in [0.1, 0.15) is 29.5 Å². The molecule has 1 aromatic rings. The van der Waals surface area contributed by atoms with E-state index in [4.69, 9.17) is 33.2 Å². The van der Waals surface area contributed by atoms with Gasteiger partial charge in [0, 0.05) is 38.0 Å². The number of aliphatic hydroxyl groups is 2. The summed E-state index contributed by atoms with van der Waals surface area (Å²) in [6, 6.07) is 6.48. The number of esters is 5. The van der Waals surface area contributed by atoms with Crippen molar-refractivity contribution in [1.82, 2.24) is 5.32 Å². The molecule has 3 aliphatic carbocycles. The summed E-state index contributed by atoms with van der Waals surface area (Å²) in [5.41, 5.74) is -8.24. The van der Waals surface area contributed by atoms with Crippen molar-refractivity contribution in [1.29, 1.82) is 0 Å². The summed E-state index contributed by atoms with van der Waals surface area (Å²) in [6.07, 6.45) is 15.7. The number of allylic oxidation sites excluding steroid dienone is 11. The Morgan fingerprint density at radius 1 is 0.827 bits per heavy atom. The minimum Gasteiger partial charge on any atom is -0.455 e. The maximum Gasteiger partial charge on any atom is 0.408 e. The molecule has 5 rings (SSSR count). The summed E-state index contributed by atoms with van der Waals surface area (Å²) in [4.78, 5) is 99.8. The zero-order valence-electron chi connectivity index (χ0n) is 49.5. The van der Waals surface area contributed by atoms with E-state index >= 15 is 9.59 Å². The Bertz CT molecular complexity index is 2630. The second-order valence-electron chi connectivity index (χ2n) is 23.3. The van der Waals surface area contributed by atoms with Crippen molar-refractivity contribution >= 4 is 41.7 Å². The number of Topliss-reactive ketones (excluding diaryl/α,β-unsaturated/α-hetero) is 1. The fraction of sp³-hybridized carbons (Fsp3) is 0.578. The second kappa shape index (κ2) is 28.5. The van der Waals surface area contributed by atoms with Gasteiger partial charge in [-0.15, -0.1) is 0 Å². The summed E-state index contributed by atoms with van der Waals surface area (Å²) in [7, 11) is 0. The van der Waals surface area contributed by atoms with Crippen LogP contribution >= 0.6 is 0 Å². The standard InChI is InChI=1S/C64H87NO16/c1-13-15-16-17-18-19-20-21-22-23-24-25-26-27-28-29-33-36-50(69)78-52(45(37-41(3)4)65-59(73)81-60(7,8)9)58(72)76-46-39-64(74)56(79-57(71)44-34-31-30-32-35-44)54-62(12,47(67)38-48-63(54,40-75-48)80-43(6)66)55(70)53(77-49(68)14-2)51(42(46)5)61(64,10)11/h15-16,18-19,21-22,24-25,27-28,30-32,34-35,37,45-48,52-54,56,67,74H,13-14,17,20,23,26,29,33,36,38-40H2,1-12H3,(H,65,73)/b16-15-,19-18-,22-21-,25-24-,28-27-/t45-,46-,47-,48+,52+,53+,54?,56?,62+,63-,64+/m0/s1. The van der Waals surface area contributed by atoms with Crippen molar-refractivity contribution in [2.75, 3.05) is 6.61 Å². The fourth-order valence-electron chi connectivity index (χ4n) is 11.5. The van der Waals surface area contributed by atoms with Gasteiger partial charge in [-0.05, 0) is 117 Å². The van der Waals surface area contributed by atoms with Crippen LogP contribution in [0.2, 0.25) is 0 Å². The third-order valence-electron chi connectivity index (χ3n) is 15.6. The van der Waals surface area contributed by atoms with Crippen LogP contribution in [0.4, 0.5) is 4.79 Å². The van der Waals surface area contributed by atoms with Crippen LogP contribution in [0.3, 0.4) is 0 Å². The number of amides is 1. The molecule has 2 unspecified atom stereocenters. The molecule has 444 valence electrons. The lowest BCUT2D eigenvalue weighted by Crippen LogP contribution is -2.82. The van der Waals surface area contributed by atoms with E-state index in [9.17, 15) is 34.2 Å². The van der Waals surface area contributed by atoms with Crippen molar-refractivity contribution in [3.8, 4) is 0 Å². The first-order valence-corrected chi connectivity index (χ1v) is 28.4. The smallest absolute Gasteiger partial charge is 0.408 e. The van der Waals surface area contributed by atoms with Crippen LogP contribution in [0, 0.1) is 16.7 Å². The Morgan fingerprint density at radius 3 is 1.95 bits per heavy atom. The number of fused-ring (bicyclic) bond motifs is 5. The van der Waals surface area contributed by atoms with Gasteiger partial charge in [-0.2, -0.15) is 0 Å². The van der Waals surface area contributed by atoms with Crippen molar-refractivity contribution < 1.29 is 76.9 Å². The number of hydrogen-bond acceptors (Lipinski definition) is 16. The van der Waals surface area contributed by atoms with Crippen molar-refractivity contribution in [3.05, 3.63) is 119 Å². The number of carbonyl (C=O) groups excluding carboxylic acids is 7. The van der Waals surface area contributed by atoms with E-state index < -0.39 is 124 Å². The minimum atomic E-state index is -2.45. The monoisotopic (exact) mass is 1130 g/mol. The first-order chi connectivity index (χ1) is 38.2. The van der Waals surface area contributed by atoms with E-state index in [0.29, 0.717) is 24.8 Å². The normalized spacial score (nSPS) is 27.8. The lowest BCUT2D eigenvalue weighted by molar-refractivity contribution is -0.346. The molecule has 2 bridgehead atoms. The SMILES string of the molecule is CC/C=C\C/C=C\C/C=C\C/C=C\C/C=C\CCCC(=O)O[C@@H](C(=O)O[C@H]1C[C@@]2(O)C(OC(=O)c3ccccc3)C3[C@](C)(C(=O)[C@H](OC(=O)CC)C(=C1C)C2(C)C)[C@@H](O)C[C@H]1OC[C@@]31OC(C)=O)[C@H](C=C(C)C)NC(=O)OC(C)(C)C. The zero-order valence-corrected chi connectivity index (χ0v) is 49.5. The summed E-state index contributed by atoms with van der Waals surface area (Å²) < 4.78 is 42.7. The fourth-order valence-corrected chi connectivity index (χ4v) is 11.5. The highest BCUT2D eigenvalue weighted by molar-refractivity contribution is 5.96. The van der Waals surface area contributed by atoms with Crippen molar-refractivity contribution in [3.63, 3.8) is 0 Å². The molecule has 81 heavy (non-hydrogen) atoms. The third-order valence-corrected chi connectivity index (χ3v) is 15.6. The molecule has 3 fully saturated rings. The molecule has 1 aliphatic heterocycles. The molecule has 2 saturated carbocycles. The quantitative estimate of drug-likeness (QED) is 0.0378. The van der Waals surface area contributed by atoms with E-state index in [1.54, 1.807) is 66.7 Å². The van der Waals surface area contributed by atoms with Gasteiger partial charge in [-0.3, -0.25) is 19.2 Å². The Hall–Kier alpha value is -6.43. The highest BCUT2D eigenvalue weighted by Gasteiger charge is 2.78. The number of ether oxygens (including phenoxy) is 7. The van der Waals surface area contributed by atoms with Crippen molar-refractivity contribution in [2.24, 2.45) is 16.7 Å². The first kappa shape index (κ1) is 65.4. The van der Waals surface area contributed by atoms with Gasteiger partial charge in [-0.1, -0.05) is 118 Å². The van der Waals surface area contributed by atoms with E-state index in [1.165, 1.54) is 39.0 Å². The number of alkyl carbamates (subject to hydrolysis) is 1. The molecule has 17 nitrogen and oxygen atoms in total. The number of rotatable bonds is 24. The van der Waals surface area contributed by atoms with Gasteiger partial charge in [0.25, 0.3) is 0 Å². The number of benzene rings is 1. The van der Waals surface area contributed by atoms with Crippen LogP contribution in [-0.2, 0) is 57.1 Å². The summed E-state index contributed by atoms with van der Waals surface area (Å²) >= 11 is 0. The van der Waals surface area contributed by atoms with Crippen LogP contribution < -0.4 is 5.32 Å². The number of hydrogen-bond donors (Lipinski definition) is 3. The van der Waals surface area contributed by atoms with Crippen LogP contribution in [0.1, 0.15) is 164 Å². The Balaban J connectivity index is 1.54.